The van der Waals surface area contributed by atoms with E-state index in [9.17, 15) is 55.3 Å². The molecular weight excluding hydrogens is 672 g/mol. The molecule has 0 heterocycles. The predicted octanol–water partition coefficient (Wildman–Crippen LogP) is 3.42. The number of carbonyl (C=O) groups excluding carboxylic acids is 2. The largest absolute Gasteiger partial charge is 0.478 e. The van der Waals surface area contributed by atoms with Crippen LogP contribution in [-0.2, 0) is 20.2 Å². The highest BCUT2D eigenvalue weighted by atomic mass is 32.2. The van der Waals surface area contributed by atoms with Gasteiger partial charge in [0.1, 0.15) is 9.79 Å². The van der Waals surface area contributed by atoms with Crippen molar-refractivity contribution < 1.29 is 55.3 Å². The van der Waals surface area contributed by atoms with E-state index in [1.54, 1.807) is 0 Å². The van der Waals surface area contributed by atoms with Crippen LogP contribution in [0.2, 0.25) is 0 Å². The van der Waals surface area contributed by atoms with E-state index >= 15 is 0 Å². The van der Waals surface area contributed by atoms with Crippen molar-refractivity contribution in [3.05, 3.63) is 106 Å². The third-order valence-corrected chi connectivity index (χ3v) is 8.45. The quantitative estimate of drug-likeness (QED) is 0.0670. The molecule has 0 aliphatic heterocycles. The molecule has 0 aliphatic rings. The summed E-state index contributed by atoms with van der Waals surface area (Å²) in [6.45, 7) is 0. The van der Waals surface area contributed by atoms with Gasteiger partial charge in [-0.2, -0.15) is 16.8 Å². The SMILES string of the molecule is Nc1ccc(C(=O)O)cc1C(=O)Nc1ccc(/C=C/c2ccc(NC(=O)c3cc(C(=O)O)ccc3N)cc2S(=O)(=O)O)c(S(=O)(=O)O)c1. The number of hydrogen-bond acceptors (Lipinski definition) is 10. The van der Waals surface area contributed by atoms with E-state index in [2.05, 4.69) is 10.6 Å². The van der Waals surface area contributed by atoms with Crippen molar-refractivity contribution in [2.75, 3.05) is 22.1 Å². The zero-order valence-electron chi connectivity index (χ0n) is 24.1. The lowest BCUT2D eigenvalue weighted by atomic mass is 10.1. The maximum absolute atomic E-state index is 12.8. The molecule has 0 saturated heterocycles. The van der Waals surface area contributed by atoms with Crippen LogP contribution in [0.3, 0.4) is 0 Å². The second kappa shape index (κ2) is 13.3. The molecular formula is C30H24N4O12S2. The van der Waals surface area contributed by atoms with Crippen LogP contribution in [0.5, 0.6) is 0 Å². The van der Waals surface area contributed by atoms with E-state index in [0.717, 1.165) is 48.6 Å². The van der Waals surface area contributed by atoms with Crippen LogP contribution in [0.15, 0.2) is 82.6 Å². The molecule has 0 fully saturated rings. The topological polar surface area (TPSA) is 294 Å². The molecule has 0 saturated carbocycles. The Labute approximate surface area is 271 Å². The highest BCUT2D eigenvalue weighted by Crippen LogP contribution is 2.27. The van der Waals surface area contributed by atoms with Gasteiger partial charge >= 0.3 is 11.9 Å². The van der Waals surface area contributed by atoms with E-state index < -0.39 is 53.8 Å². The summed E-state index contributed by atoms with van der Waals surface area (Å²) in [5.41, 5.74) is 9.87. The summed E-state index contributed by atoms with van der Waals surface area (Å²) in [5.74, 6) is -4.41. The Balaban J connectivity index is 1.65. The summed E-state index contributed by atoms with van der Waals surface area (Å²) in [6.07, 6.45) is 2.17. The van der Waals surface area contributed by atoms with E-state index in [1.165, 1.54) is 36.4 Å². The summed E-state index contributed by atoms with van der Waals surface area (Å²) >= 11 is 0. The first-order chi connectivity index (χ1) is 22.3. The molecule has 248 valence electrons. The van der Waals surface area contributed by atoms with Crippen molar-refractivity contribution in [1.82, 2.24) is 0 Å². The standard InChI is InChI=1S/C30H24N4O12S2/c31-23-9-5-17(29(37)38)11-21(23)27(35)33-19-7-3-15(25(13-19)47(41,42)43)1-2-16-4-8-20(14-26(16)48(44,45)46)34-28(36)22-12-18(30(39)40)6-10-24(22)32/h1-14H,31-32H2,(H,33,35)(H,34,36)(H,37,38)(H,39,40)(H,41,42,43)(H,44,45,46)/b2-1+. The lowest BCUT2D eigenvalue weighted by molar-refractivity contribution is 0.0686. The summed E-state index contributed by atoms with van der Waals surface area (Å²) in [6, 6.07) is 13.4. The van der Waals surface area contributed by atoms with Crippen LogP contribution in [-0.4, -0.2) is 59.9 Å². The number of amides is 2. The molecule has 0 unspecified atom stereocenters. The molecule has 0 spiro atoms. The summed E-state index contributed by atoms with van der Waals surface area (Å²) in [5, 5.41) is 23.1. The van der Waals surface area contributed by atoms with Gasteiger partial charge in [0.2, 0.25) is 0 Å². The number of nitrogens with two attached hydrogens (primary N) is 2. The molecule has 2 amide bonds. The molecule has 10 N–H and O–H groups in total. The van der Waals surface area contributed by atoms with Crippen LogP contribution in [0.1, 0.15) is 52.6 Å². The molecule has 4 aromatic carbocycles. The van der Waals surface area contributed by atoms with Gasteiger partial charge in [-0.3, -0.25) is 18.7 Å². The minimum Gasteiger partial charge on any atom is -0.478 e. The van der Waals surface area contributed by atoms with E-state index in [4.69, 9.17) is 11.5 Å². The van der Waals surface area contributed by atoms with Gasteiger partial charge in [0.15, 0.2) is 0 Å². The minimum atomic E-state index is -4.95. The molecule has 4 aromatic rings. The fraction of sp³-hybridized carbons (Fsp3) is 0. The van der Waals surface area contributed by atoms with Gasteiger partial charge in [-0.15, -0.1) is 0 Å². The smallest absolute Gasteiger partial charge is 0.335 e. The molecule has 16 nitrogen and oxygen atoms in total. The average molecular weight is 697 g/mol. The van der Waals surface area contributed by atoms with Gasteiger partial charge in [0.05, 0.1) is 22.3 Å². The van der Waals surface area contributed by atoms with E-state index in [-0.39, 0.29) is 56.1 Å². The Morgan fingerprint density at radius 1 is 0.562 bits per heavy atom. The summed E-state index contributed by atoms with van der Waals surface area (Å²) < 4.78 is 68.6. The van der Waals surface area contributed by atoms with Gasteiger partial charge in [-0.25, -0.2) is 9.59 Å². The minimum absolute atomic E-state index is 0.0659. The Kier molecular flexibility index (Phi) is 9.67. The molecule has 0 bridgehead atoms. The molecule has 0 aromatic heterocycles. The molecule has 0 radical (unpaired) electrons. The highest BCUT2D eigenvalue weighted by molar-refractivity contribution is 7.86. The first kappa shape index (κ1) is 34.8. The summed E-state index contributed by atoms with van der Waals surface area (Å²) in [7, 11) is -9.90. The van der Waals surface area contributed by atoms with Crippen molar-refractivity contribution in [2.24, 2.45) is 0 Å². The second-order valence-corrected chi connectivity index (χ2v) is 12.7. The maximum atomic E-state index is 12.8. The maximum Gasteiger partial charge on any atom is 0.335 e. The fourth-order valence-electron chi connectivity index (χ4n) is 4.29. The summed E-state index contributed by atoms with van der Waals surface area (Å²) in [4.78, 5) is 46.7. The van der Waals surface area contributed by atoms with Crippen LogP contribution in [0.4, 0.5) is 22.7 Å². The van der Waals surface area contributed by atoms with Crippen LogP contribution < -0.4 is 22.1 Å². The lowest BCUT2D eigenvalue weighted by Crippen LogP contribution is -2.16. The van der Waals surface area contributed by atoms with Gasteiger partial charge in [-0.05, 0) is 71.8 Å². The molecule has 48 heavy (non-hydrogen) atoms. The van der Waals surface area contributed by atoms with Crippen LogP contribution in [0.25, 0.3) is 12.2 Å². The van der Waals surface area contributed by atoms with Gasteiger partial charge in [0, 0.05) is 22.7 Å². The molecule has 0 atom stereocenters. The lowest BCUT2D eigenvalue weighted by Gasteiger charge is -2.12. The molecule has 18 heteroatoms. The molecule has 0 aliphatic carbocycles. The Bertz CT molecular complexity index is 2110. The van der Waals surface area contributed by atoms with Crippen LogP contribution in [0, 0.1) is 0 Å². The van der Waals surface area contributed by atoms with Crippen molar-refractivity contribution in [2.45, 2.75) is 9.79 Å². The number of carboxylic acids is 2. The zero-order chi connectivity index (χ0) is 35.6. The number of carbonyl (C=O) groups is 4. The van der Waals surface area contributed by atoms with Crippen LogP contribution >= 0.6 is 0 Å². The van der Waals surface area contributed by atoms with Gasteiger partial charge < -0.3 is 32.3 Å². The normalized spacial score (nSPS) is 11.6. The number of hydrogen-bond donors (Lipinski definition) is 8. The van der Waals surface area contributed by atoms with E-state index in [0.29, 0.717) is 0 Å². The Morgan fingerprint density at radius 3 is 1.23 bits per heavy atom. The van der Waals surface area contributed by atoms with Crippen molar-refractivity contribution in [3.63, 3.8) is 0 Å². The van der Waals surface area contributed by atoms with E-state index in [1.807, 2.05) is 0 Å². The Morgan fingerprint density at radius 2 is 0.917 bits per heavy atom. The monoisotopic (exact) mass is 696 g/mol. The van der Waals surface area contributed by atoms with Crippen molar-refractivity contribution >= 4 is 78.9 Å². The number of aromatic carboxylic acids is 2. The number of carboxylic acid groups (broad SMARTS) is 2. The number of benzene rings is 4. The first-order valence-corrected chi connectivity index (χ1v) is 16.0. The number of nitrogens with one attached hydrogen (secondary N) is 2. The Hall–Kier alpha value is -6.08. The van der Waals surface area contributed by atoms with Crippen molar-refractivity contribution in [3.8, 4) is 0 Å². The molecule has 4 rings (SSSR count). The number of anilines is 4. The van der Waals surface area contributed by atoms with Gasteiger partial charge in [0.25, 0.3) is 32.1 Å². The number of nitrogen functional groups attached to an aromatic ring is 2. The second-order valence-electron chi connectivity index (χ2n) is 9.91. The third-order valence-electron chi connectivity index (χ3n) is 6.63. The zero-order valence-corrected chi connectivity index (χ0v) is 25.7. The first-order valence-electron chi connectivity index (χ1n) is 13.1. The van der Waals surface area contributed by atoms with Gasteiger partial charge in [-0.1, -0.05) is 24.3 Å². The predicted molar refractivity (Wildman–Crippen MR) is 173 cm³/mol. The fourth-order valence-corrected chi connectivity index (χ4v) is 5.71. The third kappa shape index (κ3) is 8.00. The average Bonchev–Trinajstić information content (AvgIpc) is 2.99. The number of rotatable bonds is 10. The highest BCUT2D eigenvalue weighted by Gasteiger charge is 2.20. The van der Waals surface area contributed by atoms with Crippen molar-refractivity contribution in [1.29, 1.82) is 0 Å².